The lowest BCUT2D eigenvalue weighted by atomic mass is 10.2. The first kappa shape index (κ1) is 20.7. The van der Waals surface area contributed by atoms with Crippen molar-refractivity contribution in [3.8, 4) is 0 Å². The number of para-hydroxylation sites is 1. The van der Waals surface area contributed by atoms with Gasteiger partial charge in [0.25, 0.3) is 0 Å². The molecule has 144 valence electrons. The van der Waals surface area contributed by atoms with Crippen molar-refractivity contribution in [3.63, 3.8) is 0 Å². The lowest BCUT2D eigenvalue weighted by Gasteiger charge is -2.15. The molecule has 0 spiro atoms. The first-order chi connectivity index (χ1) is 13.0. The van der Waals surface area contributed by atoms with Gasteiger partial charge in [-0.2, -0.15) is 0 Å². The maximum atomic E-state index is 5.43. The topological polar surface area (TPSA) is 83.5 Å². The molecule has 0 aliphatic rings. The molecule has 0 fully saturated rings. The first-order valence-electron chi connectivity index (χ1n) is 8.74. The van der Waals surface area contributed by atoms with E-state index < -0.39 is 0 Å². The van der Waals surface area contributed by atoms with Gasteiger partial charge >= 0.3 is 0 Å². The van der Waals surface area contributed by atoms with Crippen molar-refractivity contribution >= 4 is 34.9 Å². The summed E-state index contributed by atoms with van der Waals surface area (Å²) in [6.07, 6.45) is 0.801. The molecule has 1 aromatic heterocycles. The molecule has 2 aromatic rings. The molecule has 7 nitrogen and oxygen atoms in total. The Hall–Kier alpha value is -2.58. The van der Waals surface area contributed by atoms with E-state index in [4.69, 9.17) is 17.0 Å². The number of nitrogens with zero attached hydrogens (tertiary/aromatic N) is 3. The third kappa shape index (κ3) is 7.28. The maximum absolute atomic E-state index is 5.43. The molecule has 1 heterocycles. The minimum absolute atomic E-state index is 0.437. The smallest absolute Gasteiger partial charge is 0.229 e. The van der Waals surface area contributed by atoms with E-state index in [1.807, 2.05) is 51.1 Å². The molecule has 0 saturated carbocycles. The van der Waals surface area contributed by atoms with Crippen LogP contribution in [0.5, 0.6) is 0 Å². The van der Waals surface area contributed by atoms with Crippen LogP contribution in [0.2, 0.25) is 0 Å². The average molecular weight is 387 g/mol. The second-order valence-electron chi connectivity index (χ2n) is 6.07. The van der Waals surface area contributed by atoms with E-state index in [0.29, 0.717) is 30.2 Å². The van der Waals surface area contributed by atoms with Crippen molar-refractivity contribution in [2.24, 2.45) is 4.99 Å². The van der Waals surface area contributed by atoms with E-state index in [0.717, 1.165) is 29.1 Å². The summed E-state index contributed by atoms with van der Waals surface area (Å²) in [6, 6.07) is 9.85. The lowest BCUT2D eigenvalue weighted by Crippen LogP contribution is -2.39. The molecule has 3 N–H and O–H groups in total. The predicted octanol–water partition coefficient (Wildman–Crippen LogP) is 3.19. The summed E-state index contributed by atoms with van der Waals surface area (Å²) >= 11 is 5.43. The molecule has 0 radical (unpaired) electrons. The number of rotatable bonds is 6. The summed E-state index contributed by atoms with van der Waals surface area (Å²) < 4.78 is 5.07. The highest BCUT2D eigenvalue weighted by molar-refractivity contribution is 7.80. The molecule has 0 amide bonds. The Morgan fingerprint density at radius 2 is 1.81 bits per heavy atom. The zero-order chi connectivity index (χ0) is 19.6. The van der Waals surface area contributed by atoms with E-state index >= 15 is 0 Å². The maximum Gasteiger partial charge on any atom is 0.229 e. The van der Waals surface area contributed by atoms with Crippen LogP contribution in [0.25, 0.3) is 0 Å². The Morgan fingerprint density at radius 1 is 1.11 bits per heavy atom. The molecule has 0 bridgehead atoms. The van der Waals surface area contributed by atoms with Crippen LogP contribution in [0.3, 0.4) is 0 Å². The first-order valence-corrected chi connectivity index (χ1v) is 9.15. The second kappa shape index (κ2) is 10.5. The number of hydrogen-bond donors (Lipinski definition) is 3. The van der Waals surface area contributed by atoms with Crippen LogP contribution in [0.4, 0.5) is 11.6 Å². The molecule has 0 saturated heterocycles. The van der Waals surface area contributed by atoms with Gasteiger partial charge in [-0.05, 0) is 57.1 Å². The zero-order valence-electron chi connectivity index (χ0n) is 16.2. The second-order valence-corrected chi connectivity index (χ2v) is 6.48. The Balaban J connectivity index is 2.09. The van der Waals surface area contributed by atoms with E-state index in [1.165, 1.54) is 0 Å². The fourth-order valence-corrected chi connectivity index (χ4v) is 2.58. The molecule has 2 rings (SSSR count). The van der Waals surface area contributed by atoms with Crippen LogP contribution in [0, 0.1) is 20.8 Å². The molecule has 0 aliphatic carbocycles. The van der Waals surface area contributed by atoms with Crippen LogP contribution in [-0.2, 0) is 4.74 Å². The van der Waals surface area contributed by atoms with Crippen molar-refractivity contribution in [1.82, 2.24) is 15.3 Å². The minimum atomic E-state index is 0.437. The van der Waals surface area contributed by atoms with Crippen molar-refractivity contribution < 1.29 is 4.74 Å². The van der Waals surface area contributed by atoms with Gasteiger partial charge in [0.05, 0.1) is 0 Å². The standard InChI is InChI=1S/C19H26N6OS/c1-13-8-5-6-9-16(13)23-19(27)25-17(20-10-7-11-26-4)24-18-21-14(2)12-15(3)22-18/h5-6,8-9,12H,7,10-11H2,1-4H3,(H3,20,21,22,23,24,25,27). The summed E-state index contributed by atoms with van der Waals surface area (Å²) in [5, 5.41) is 9.83. The van der Waals surface area contributed by atoms with Crippen molar-refractivity contribution in [2.75, 3.05) is 30.9 Å². The summed E-state index contributed by atoms with van der Waals surface area (Å²) in [5.41, 5.74) is 3.80. The van der Waals surface area contributed by atoms with E-state index in [-0.39, 0.29) is 0 Å². The molecule has 0 unspecified atom stereocenters. The van der Waals surface area contributed by atoms with Crippen LogP contribution in [0.15, 0.2) is 35.3 Å². The molecular formula is C19H26N6OS. The fraction of sp³-hybridized carbons (Fsp3) is 0.368. The van der Waals surface area contributed by atoms with Crippen LogP contribution >= 0.6 is 12.2 Å². The molecule has 8 heteroatoms. The number of methoxy groups -OCH3 is 1. The number of anilines is 2. The third-order valence-corrected chi connectivity index (χ3v) is 3.82. The summed E-state index contributed by atoms with van der Waals surface area (Å²) in [4.78, 5) is 13.3. The van der Waals surface area contributed by atoms with Crippen molar-refractivity contribution in [2.45, 2.75) is 27.2 Å². The zero-order valence-corrected chi connectivity index (χ0v) is 17.0. The number of thiocarbonyl (C=S) groups is 1. The van der Waals surface area contributed by atoms with Crippen molar-refractivity contribution in [3.05, 3.63) is 47.3 Å². The number of ether oxygens (including phenoxy) is 1. The van der Waals surface area contributed by atoms with Gasteiger partial charge in [-0.15, -0.1) is 0 Å². The molecular weight excluding hydrogens is 360 g/mol. The highest BCUT2D eigenvalue weighted by atomic mass is 32.1. The fourth-order valence-electron chi connectivity index (χ4n) is 2.37. The van der Waals surface area contributed by atoms with Gasteiger partial charge in [-0.25, -0.2) is 9.97 Å². The summed E-state index contributed by atoms with van der Waals surface area (Å²) in [5.74, 6) is 0.964. The normalized spacial score (nSPS) is 11.2. The van der Waals surface area contributed by atoms with Gasteiger partial charge < -0.3 is 15.4 Å². The lowest BCUT2D eigenvalue weighted by molar-refractivity contribution is 0.197. The van der Waals surface area contributed by atoms with Crippen LogP contribution < -0.4 is 16.0 Å². The number of hydrogen-bond acceptors (Lipinski definition) is 5. The number of benzene rings is 1. The van der Waals surface area contributed by atoms with E-state index in [2.05, 4.69) is 30.9 Å². The Morgan fingerprint density at radius 3 is 2.48 bits per heavy atom. The molecule has 0 aliphatic heterocycles. The quantitative estimate of drug-likeness (QED) is 0.304. The van der Waals surface area contributed by atoms with E-state index in [9.17, 15) is 0 Å². The molecule has 1 aromatic carbocycles. The molecule has 27 heavy (non-hydrogen) atoms. The summed E-state index contributed by atoms with van der Waals surface area (Å²) in [6.45, 7) is 7.09. The number of aromatic nitrogens is 2. The van der Waals surface area contributed by atoms with Gasteiger partial charge in [0, 0.05) is 37.3 Å². The average Bonchev–Trinajstić information content (AvgIpc) is 2.59. The SMILES string of the molecule is COCCCN=C(NC(=S)Nc1ccccc1C)Nc1nc(C)cc(C)n1. The van der Waals surface area contributed by atoms with Crippen molar-refractivity contribution in [1.29, 1.82) is 0 Å². The predicted molar refractivity (Wildman–Crippen MR) is 114 cm³/mol. The Kier molecular flexibility index (Phi) is 8.09. The summed E-state index contributed by atoms with van der Waals surface area (Å²) in [7, 11) is 1.67. The Bertz CT molecular complexity index is 788. The molecule has 0 atom stereocenters. The third-order valence-electron chi connectivity index (χ3n) is 3.61. The van der Waals surface area contributed by atoms with Gasteiger partial charge in [0.2, 0.25) is 11.9 Å². The highest BCUT2D eigenvalue weighted by Gasteiger charge is 2.08. The number of nitrogens with one attached hydrogen (secondary N) is 3. The number of guanidine groups is 1. The van der Waals surface area contributed by atoms with Gasteiger partial charge in [-0.1, -0.05) is 18.2 Å². The largest absolute Gasteiger partial charge is 0.385 e. The van der Waals surface area contributed by atoms with Gasteiger partial charge in [0.1, 0.15) is 0 Å². The highest BCUT2D eigenvalue weighted by Crippen LogP contribution is 2.12. The minimum Gasteiger partial charge on any atom is -0.385 e. The Labute approximate surface area is 165 Å². The van der Waals surface area contributed by atoms with Crippen LogP contribution in [0.1, 0.15) is 23.4 Å². The van der Waals surface area contributed by atoms with Gasteiger partial charge in [-0.3, -0.25) is 10.3 Å². The van der Waals surface area contributed by atoms with Crippen LogP contribution in [-0.4, -0.2) is 41.3 Å². The van der Waals surface area contributed by atoms with E-state index in [1.54, 1.807) is 7.11 Å². The monoisotopic (exact) mass is 386 g/mol. The van der Waals surface area contributed by atoms with Gasteiger partial charge in [0.15, 0.2) is 5.11 Å². The number of aliphatic imine (C=N–C) groups is 1. The number of aryl methyl sites for hydroxylation is 3.